The maximum atomic E-state index is 11.0. The van der Waals surface area contributed by atoms with Gasteiger partial charge >= 0.3 is 0 Å². The molecule has 0 aliphatic heterocycles. The van der Waals surface area contributed by atoms with Gasteiger partial charge < -0.3 is 18.7 Å². The Labute approximate surface area is 152 Å². The number of carbonyl (C=O) groups is 1. The summed E-state index contributed by atoms with van der Waals surface area (Å²) in [7, 11) is 1.58. The van der Waals surface area contributed by atoms with Gasteiger partial charge in [-0.1, -0.05) is 31.2 Å². The second-order valence-corrected chi connectivity index (χ2v) is 6.01. The van der Waals surface area contributed by atoms with E-state index in [1.165, 1.54) is 0 Å². The van der Waals surface area contributed by atoms with E-state index < -0.39 is 0 Å². The predicted octanol–water partition coefficient (Wildman–Crippen LogP) is 4.54. The number of aromatic nitrogens is 1. The van der Waals surface area contributed by atoms with Gasteiger partial charge in [0.05, 0.1) is 7.11 Å². The Balaban J connectivity index is 1.77. The number of oxazole rings is 1. The molecule has 134 valence electrons. The number of nitrogens with zero attached hydrogens (tertiary/aromatic N) is 1. The zero-order valence-corrected chi connectivity index (χ0v) is 15.1. The maximum Gasteiger partial charge on any atom is 0.226 e. The number of aryl methyl sites for hydroxylation is 1. The van der Waals surface area contributed by atoms with Gasteiger partial charge in [0.25, 0.3) is 0 Å². The van der Waals surface area contributed by atoms with Crippen LogP contribution in [0, 0.1) is 6.92 Å². The van der Waals surface area contributed by atoms with Crippen LogP contribution in [0.25, 0.3) is 11.5 Å². The van der Waals surface area contributed by atoms with E-state index in [1.807, 2.05) is 62.4 Å². The van der Waals surface area contributed by atoms with Crippen molar-refractivity contribution in [2.75, 3.05) is 7.11 Å². The zero-order valence-electron chi connectivity index (χ0n) is 15.1. The smallest absolute Gasteiger partial charge is 0.226 e. The second-order valence-electron chi connectivity index (χ2n) is 6.01. The molecule has 1 unspecified atom stereocenters. The molecular formula is C21H21NO4. The van der Waals surface area contributed by atoms with E-state index in [4.69, 9.17) is 13.9 Å². The Morgan fingerprint density at radius 3 is 2.62 bits per heavy atom. The van der Waals surface area contributed by atoms with Crippen LogP contribution in [0.5, 0.6) is 11.5 Å². The Bertz CT molecular complexity index is 886. The van der Waals surface area contributed by atoms with Crippen LogP contribution in [0.3, 0.4) is 0 Å². The van der Waals surface area contributed by atoms with E-state index in [-0.39, 0.29) is 12.5 Å². The summed E-state index contributed by atoms with van der Waals surface area (Å²) in [5.74, 6) is 2.28. The van der Waals surface area contributed by atoms with E-state index in [0.29, 0.717) is 23.1 Å². The van der Waals surface area contributed by atoms with Crippen LogP contribution in [-0.4, -0.2) is 18.4 Å². The first-order valence-electron chi connectivity index (χ1n) is 8.40. The van der Waals surface area contributed by atoms with Crippen molar-refractivity contribution in [1.29, 1.82) is 0 Å². The van der Waals surface area contributed by atoms with Crippen molar-refractivity contribution in [2.24, 2.45) is 0 Å². The molecular weight excluding hydrogens is 330 g/mol. The largest absolute Gasteiger partial charge is 0.493 e. The Hall–Kier alpha value is -3.08. The van der Waals surface area contributed by atoms with E-state index in [1.54, 1.807) is 7.11 Å². The van der Waals surface area contributed by atoms with Gasteiger partial charge in [-0.05, 0) is 36.8 Å². The first-order valence-corrected chi connectivity index (χ1v) is 8.40. The molecule has 0 radical (unpaired) electrons. The topological polar surface area (TPSA) is 61.6 Å². The van der Waals surface area contributed by atoms with Crippen molar-refractivity contribution in [3.63, 3.8) is 0 Å². The summed E-state index contributed by atoms with van der Waals surface area (Å²) >= 11 is 0. The Kier molecular flexibility index (Phi) is 5.37. The monoisotopic (exact) mass is 351 g/mol. The number of ether oxygens (including phenoxy) is 2. The first kappa shape index (κ1) is 17.7. The summed E-state index contributed by atoms with van der Waals surface area (Å²) in [5.41, 5.74) is 2.54. The van der Waals surface area contributed by atoms with Crippen LogP contribution in [-0.2, 0) is 11.4 Å². The van der Waals surface area contributed by atoms with Crippen LogP contribution in [0.15, 0.2) is 52.9 Å². The molecule has 0 fully saturated rings. The highest BCUT2D eigenvalue weighted by Crippen LogP contribution is 2.31. The lowest BCUT2D eigenvalue weighted by molar-refractivity contribution is -0.108. The van der Waals surface area contributed by atoms with Gasteiger partial charge in [0.2, 0.25) is 5.89 Å². The molecule has 1 atom stereocenters. The Morgan fingerprint density at radius 1 is 1.15 bits per heavy atom. The molecule has 1 aromatic heterocycles. The summed E-state index contributed by atoms with van der Waals surface area (Å²) in [6.45, 7) is 3.97. The van der Waals surface area contributed by atoms with Crippen LogP contribution in [0.4, 0.5) is 0 Å². The highest BCUT2D eigenvalue weighted by atomic mass is 16.5. The SMILES string of the molecule is COc1cc(C(C)C=O)ccc1OCc1nc(-c2ccccc2)oc1C. The number of methoxy groups -OCH3 is 1. The molecule has 3 rings (SSSR count). The molecule has 26 heavy (non-hydrogen) atoms. The average molecular weight is 351 g/mol. The van der Waals surface area contributed by atoms with Crippen molar-refractivity contribution in [3.05, 3.63) is 65.5 Å². The highest BCUT2D eigenvalue weighted by Gasteiger charge is 2.14. The van der Waals surface area contributed by atoms with Crippen LogP contribution >= 0.6 is 0 Å². The van der Waals surface area contributed by atoms with Gasteiger partial charge in [-0.3, -0.25) is 0 Å². The fraction of sp³-hybridized carbons (Fsp3) is 0.238. The second kappa shape index (κ2) is 7.87. The van der Waals surface area contributed by atoms with Crippen LogP contribution < -0.4 is 9.47 Å². The van der Waals surface area contributed by atoms with Gasteiger partial charge in [0, 0.05) is 11.5 Å². The van der Waals surface area contributed by atoms with Gasteiger partial charge in [-0.2, -0.15) is 0 Å². The van der Waals surface area contributed by atoms with Crippen LogP contribution in [0.1, 0.15) is 29.9 Å². The number of rotatable bonds is 7. The summed E-state index contributed by atoms with van der Waals surface area (Å²) in [6, 6.07) is 15.2. The van der Waals surface area contributed by atoms with Crippen molar-refractivity contribution in [2.45, 2.75) is 26.4 Å². The molecule has 2 aromatic carbocycles. The fourth-order valence-corrected chi connectivity index (χ4v) is 2.58. The highest BCUT2D eigenvalue weighted by molar-refractivity contribution is 5.62. The normalized spacial score (nSPS) is 11.8. The molecule has 0 spiro atoms. The van der Waals surface area contributed by atoms with Gasteiger partial charge in [-0.25, -0.2) is 4.98 Å². The Morgan fingerprint density at radius 2 is 1.92 bits per heavy atom. The van der Waals surface area contributed by atoms with Gasteiger partial charge in [0.1, 0.15) is 24.3 Å². The molecule has 3 aromatic rings. The molecule has 5 heteroatoms. The molecule has 0 amide bonds. The lowest BCUT2D eigenvalue weighted by Gasteiger charge is -2.12. The predicted molar refractivity (Wildman–Crippen MR) is 98.5 cm³/mol. The fourth-order valence-electron chi connectivity index (χ4n) is 2.58. The first-order chi connectivity index (χ1) is 12.6. The summed E-state index contributed by atoms with van der Waals surface area (Å²) < 4.78 is 17.0. The van der Waals surface area contributed by atoms with Gasteiger partial charge in [-0.15, -0.1) is 0 Å². The summed E-state index contributed by atoms with van der Waals surface area (Å²) in [6.07, 6.45) is 0.902. The van der Waals surface area contributed by atoms with Crippen molar-refractivity contribution >= 4 is 6.29 Å². The average Bonchev–Trinajstić information content (AvgIpc) is 3.07. The molecule has 0 bridgehead atoms. The number of hydrogen-bond donors (Lipinski definition) is 0. The summed E-state index contributed by atoms with van der Waals surface area (Å²) in [4.78, 5) is 15.5. The van der Waals surface area contributed by atoms with Gasteiger partial charge in [0.15, 0.2) is 11.5 Å². The zero-order chi connectivity index (χ0) is 18.5. The molecule has 0 aliphatic rings. The van der Waals surface area contributed by atoms with E-state index in [0.717, 1.165) is 23.1 Å². The van der Waals surface area contributed by atoms with Crippen molar-refractivity contribution < 1.29 is 18.7 Å². The maximum absolute atomic E-state index is 11.0. The van der Waals surface area contributed by atoms with Crippen molar-refractivity contribution in [1.82, 2.24) is 4.98 Å². The lowest BCUT2D eigenvalue weighted by Crippen LogP contribution is -2.01. The van der Waals surface area contributed by atoms with Crippen molar-refractivity contribution in [3.8, 4) is 23.0 Å². The standard InChI is InChI=1S/C21H21NO4/c1-14(12-23)17-9-10-19(20(11-17)24-3)25-13-18-15(2)26-21(22-18)16-7-5-4-6-8-16/h4-12,14H,13H2,1-3H3. The lowest BCUT2D eigenvalue weighted by atomic mass is 10.0. The molecule has 5 nitrogen and oxygen atoms in total. The number of benzene rings is 2. The third-order valence-electron chi connectivity index (χ3n) is 4.20. The molecule has 0 saturated heterocycles. The number of hydrogen-bond acceptors (Lipinski definition) is 5. The van der Waals surface area contributed by atoms with Crippen LogP contribution in [0.2, 0.25) is 0 Å². The minimum absolute atomic E-state index is 0.191. The number of aldehydes is 1. The molecule has 0 N–H and O–H groups in total. The minimum atomic E-state index is -0.191. The third kappa shape index (κ3) is 3.77. The third-order valence-corrected chi connectivity index (χ3v) is 4.20. The summed E-state index contributed by atoms with van der Waals surface area (Å²) in [5, 5.41) is 0. The number of carbonyl (C=O) groups excluding carboxylic acids is 1. The molecule has 0 aliphatic carbocycles. The quantitative estimate of drug-likeness (QED) is 0.585. The minimum Gasteiger partial charge on any atom is -0.493 e. The molecule has 0 saturated carbocycles. The van der Waals surface area contributed by atoms with E-state index in [9.17, 15) is 4.79 Å². The molecule has 1 heterocycles. The van der Waals surface area contributed by atoms with E-state index in [2.05, 4.69) is 4.98 Å². The van der Waals surface area contributed by atoms with E-state index >= 15 is 0 Å².